The zero-order valence-corrected chi connectivity index (χ0v) is 10.6. The Morgan fingerprint density at radius 2 is 1.88 bits per heavy atom. The first-order chi connectivity index (χ1) is 8.29. The molecule has 0 saturated carbocycles. The molecule has 0 spiro atoms. The van der Waals surface area contributed by atoms with E-state index in [0.717, 1.165) is 22.8 Å². The SMILES string of the molecule is CCc1ccccc1OCc1cccc(Cl)c1. The van der Waals surface area contributed by atoms with Crippen molar-refractivity contribution < 1.29 is 4.74 Å². The maximum absolute atomic E-state index is 5.93. The van der Waals surface area contributed by atoms with Gasteiger partial charge in [-0.1, -0.05) is 48.9 Å². The highest BCUT2D eigenvalue weighted by atomic mass is 35.5. The smallest absolute Gasteiger partial charge is 0.122 e. The van der Waals surface area contributed by atoms with Crippen LogP contribution in [0, 0.1) is 0 Å². The van der Waals surface area contributed by atoms with E-state index in [9.17, 15) is 0 Å². The molecule has 0 heterocycles. The van der Waals surface area contributed by atoms with Crippen LogP contribution < -0.4 is 4.74 Å². The van der Waals surface area contributed by atoms with Crippen LogP contribution in [0.5, 0.6) is 5.75 Å². The Bertz CT molecular complexity index is 494. The third kappa shape index (κ3) is 3.24. The molecule has 0 aliphatic carbocycles. The van der Waals surface area contributed by atoms with E-state index in [2.05, 4.69) is 13.0 Å². The average molecular weight is 247 g/mol. The van der Waals surface area contributed by atoms with Crippen molar-refractivity contribution in [1.29, 1.82) is 0 Å². The average Bonchev–Trinajstić information content (AvgIpc) is 2.37. The van der Waals surface area contributed by atoms with E-state index in [1.54, 1.807) is 0 Å². The maximum atomic E-state index is 5.93. The Labute approximate surface area is 107 Å². The van der Waals surface area contributed by atoms with Gasteiger partial charge in [-0.15, -0.1) is 0 Å². The minimum atomic E-state index is 0.553. The van der Waals surface area contributed by atoms with Gasteiger partial charge in [0.25, 0.3) is 0 Å². The normalized spacial score (nSPS) is 10.2. The summed E-state index contributed by atoms with van der Waals surface area (Å²) in [5.41, 5.74) is 2.32. The van der Waals surface area contributed by atoms with Gasteiger partial charge in [0.05, 0.1) is 0 Å². The van der Waals surface area contributed by atoms with E-state index >= 15 is 0 Å². The highest BCUT2D eigenvalue weighted by Crippen LogP contribution is 2.20. The molecule has 0 N–H and O–H groups in total. The fraction of sp³-hybridized carbons (Fsp3) is 0.200. The van der Waals surface area contributed by atoms with Crippen LogP contribution in [-0.2, 0) is 13.0 Å². The Morgan fingerprint density at radius 3 is 2.65 bits per heavy atom. The molecule has 2 aromatic carbocycles. The molecule has 0 aromatic heterocycles. The molecule has 0 unspecified atom stereocenters. The molecular weight excluding hydrogens is 232 g/mol. The number of aryl methyl sites for hydroxylation is 1. The summed E-state index contributed by atoms with van der Waals surface area (Å²) in [7, 11) is 0. The van der Waals surface area contributed by atoms with Gasteiger partial charge in [0.2, 0.25) is 0 Å². The van der Waals surface area contributed by atoms with Crippen LogP contribution in [0.15, 0.2) is 48.5 Å². The Balaban J connectivity index is 2.07. The van der Waals surface area contributed by atoms with Crippen LogP contribution in [0.3, 0.4) is 0 Å². The van der Waals surface area contributed by atoms with Crippen LogP contribution in [0.2, 0.25) is 5.02 Å². The first-order valence-electron chi connectivity index (χ1n) is 5.74. The van der Waals surface area contributed by atoms with Crippen molar-refractivity contribution in [2.24, 2.45) is 0 Å². The number of hydrogen-bond acceptors (Lipinski definition) is 1. The topological polar surface area (TPSA) is 9.23 Å². The van der Waals surface area contributed by atoms with Crippen LogP contribution in [-0.4, -0.2) is 0 Å². The third-order valence-electron chi connectivity index (χ3n) is 2.64. The molecule has 2 aromatic rings. The van der Waals surface area contributed by atoms with E-state index in [0.29, 0.717) is 6.61 Å². The minimum Gasteiger partial charge on any atom is -0.489 e. The lowest BCUT2D eigenvalue weighted by atomic mass is 10.1. The second-order valence-corrected chi connectivity index (χ2v) is 4.32. The lowest BCUT2D eigenvalue weighted by molar-refractivity contribution is 0.303. The second-order valence-electron chi connectivity index (χ2n) is 3.88. The quantitative estimate of drug-likeness (QED) is 0.773. The van der Waals surface area contributed by atoms with E-state index < -0.39 is 0 Å². The zero-order valence-electron chi connectivity index (χ0n) is 9.82. The molecule has 1 nitrogen and oxygen atoms in total. The van der Waals surface area contributed by atoms with Crippen molar-refractivity contribution in [3.8, 4) is 5.75 Å². The fourth-order valence-corrected chi connectivity index (χ4v) is 1.94. The van der Waals surface area contributed by atoms with Gasteiger partial charge in [0, 0.05) is 5.02 Å². The van der Waals surface area contributed by atoms with Gasteiger partial charge < -0.3 is 4.74 Å². The Morgan fingerprint density at radius 1 is 1.06 bits per heavy atom. The van der Waals surface area contributed by atoms with Crippen molar-refractivity contribution in [2.45, 2.75) is 20.0 Å². The van der Waals surface area contributed by atoms with Gasteiger partial charge in [-0.3, -0.25) is 0 Å². The van der Waals surface area contributed by atoms with Crippen molar-refractivity contribution in [3.05, 3.63) is 64.7 Å². The highest BCUT2D eigenvalue weighted by molar-refractivity contribution is 6.30. The van der Waals surface area contributed by atoms with Gasteiger partial charge >= 0.3 is 0 Å². The van der Waals surface area contributed by atoms with Gasteiger partial charge in [-0.2, -0.15) is 0 Å². The predicted octanol–water partition coefficient (Wildman–Crippen LogP) is 4.48. The van der Waals surface area contributed by atoms with Crippen molar-refractivity contribution >= 4 is 11.6 Å². The van der Waals surface area contributed by atoms with Crippen LogP contribution in [0.1, 0.15) is 18.1 Å². The van der Waals surface area contributed by atoms with E-state index in [4.69, 9.17) is 16.3 Å². The molecular formula is C15H15ClO. The molecule has 2 heteroatoms. The summed E-state index contributed by atoms with van der Waals surface area (Å²) in [4.78, 5) is 0. The molecule has 0 fully saturated rings. The van der Waals surface area contributed by atoms with Crippen LogP contribution in [0.25, 0.3) is 0 Å². The molecule has 2 rings (SSSR count). The zero-order chi connectivity index (χ0) is 12.1. The summed E-state index contributed by atoms with van der Waals surface area (Å²) in [6.07, 6.45) is 0.978. The van der Waals surface area contributed by atoms with Crippen LogP contribution in [0.4, 0.5) is 0 Å². The number of benzene rings is 2. The molecule has 0 bridgehead atoms. The van der Waals surface area contributed by atoms with Crippen molar-refractivity contribution in [1.82, 2.24) is 0 Å². The molecule has 88 valence electrons. The number of halogens is 1. The number of para-hydroxylation sites is 1. The number of rotatable bonds is 4. The van der Waals surface area contributed by atoms with Crippen LogP contribution >= 0.6 is 11.6 Å². The van der Waals surface area contributed by atoms with Crippen molar-refractivity contribution in [3.63, 3.8) is 0 Å². The summed E-state index contributed by atoms with van der Waals surface area (Å²) < 4.78 is 5.81. The summed E-state index contributed by atoms with van der Waals surface area (Å²) in [5.74, 6) is 0.954. The molecule has 0 radical (unpaired) electrons. The molecule has 0 aliphatic heterocycles. The minimum absolute atomic E-state index is 0.553. The number of ether oxygens (including phenoxy) is 1. The second kappa shape index (κ2) is 5.74. The summed E-state index contributed by atoms with van der Waals surface area (Å²) in [6.45, 7) is 2.68. The van der Waals surface area contributed by atoms with E-state index in [-0.39, 0.29) is 0 Å². The highest BCUT2D eigenvalue weighted by Gasteiger charge is 2.01. The molecule has 17 heavy (non-hydrogen) atoms. The lowest BCUT2D eigenvalue weighted by Crippen LogP contribution is -1.97. The maximum Gasteiger partial charge on any atom is 0.122 e. The fourth-order valence-electron chi connectivity index (χ4n) is 1.72. The van der Waals surface area contributed by atoms with Gasteiger partial charge in [0.1, 0.15) is 12.4 Å². The summed E-state index contributed by atoms with van der Waals surface area (Å²) in [6, 6.07) is 15.9. The van der Waals surface area contributed by atoms with Gasteiger partial charge in [-0.25, -0.2) is 0 Å². The molecule has 0 amide bonds. The standard InChI is InChI=1S/C15H15ClO/c1-2-13-7-3-4-9-15(13)17-11-12-6-5-8-14(16)10-12/h3-10H,2,11H2,1H3. The predicted molar refractivity (Wildman–Crippen MR) is 71.6 cm³/mol. The molecule has 0 aliphatic rings. The Kier molecular flexibility index (Phi) is 4.05. The van der Waals surface area contributed by atoms with Crippen molar-refractivity contribution in [2.75, 3.05) is 0 Å². The van der Waals surface area contributed by atoms with Gasteiger partial charge in [-0.05, 0) is 35.7 Å². The monoisotopic (exact) mass is 246 g/mol. The third-order valence-corrected chi connectivity index (χ3v) is 2.87. The summed E-state index contributed by atoms with van der Waals surface area (Å²) >= 11 is 5.93. The summed E-state index contributed by atoms with van der Waals surface area (Å²) in [5, 5.41) is 0.745. The van der Waals surface area contributed by atoms with E-state index in [1.807, 2.05) is 42.5 Å². The lowest BCUT2D eigenvalue weighted by Gasteiger charge is -2.10. The molecule has 0 saturated heterocycles. The first-order valence-corrected chi connectivity index (χ1v) is 6.12. The van der Waals surface area contributed by atoms with E-state index in [1.165, 1.54) is 5.56 Å². The first kappa shape index (κ1) is 12.0. The molecule has 0 atom stereocenters. The largest absolute Gasteiger partial charge is 0.489 e. The number of hydrogen-bond donors (Lipinski definition) is 0. The van der Waals surface area contributed by atoms with Gasteiger partial charge in [0.15, 0.2) is 0 Å². The Hall–Kier alpha value is -1.47.